The molecule has 0 radical (unpaired) electrons. The van der Waals surface area contributed by atoms with Gasteiger partial charge < -0.3 is 15.8 Å². The largest absolute Gasteiger partial charge is 0.463 e. The Bertz CT molecular complexity index is 504. The zero-order valence-electron chi connectivity index (χ0n) is 12.9. The van der Waals surface area contributed by atoms with E-state index < -0.39 is 5.54 Å². The van der Waals surface area contributed by atoms with Crippen molar-refractivity contribution in [1.29, 1.82) is 0 Å². The molecular weight excluding hydrogens is 372 g/mol. The highest BCUT2D eigenvalue weighted by Gasteiger charge is 2.30. The SMILES string of the molecule is CC(C)OC(=O)CCNC(=O)C(C)(N)c1ccc(Br)cc1.Cl. The lowest BCUT2D eigenvalue weighted by molar-refractivity contribution is -0.147. The Kier molecular flexibility index (Phi) is 8.66. The predicted molar refractivity (Wildman–Crippen MR) is 91.8 cm³/mol. The minimum Gasteiger partial charge on any atom is -0.463 e. The molecule has 3 N–H and O–H groups in total. The predicted octanol–water partition coefficient (Wildman–Crippen LogP) is 2.50. The van der Waals surface area contributed by atoms with Gasteiger partial charge in [-0.05, 0) is 38.5 Å². The Balaban J connectivity index is 0.00000441. The first kappa shape index (κ1) is 20.9. The lowest BCUT2D eigenvalue weighted by Gasteiger charge is -2.24. The van der Waals surface area contributed by atoms with Crippen molar-refractivity contribution in [2.24, 2.45) is 5.73 Å². The lowest BCUT2D eigenvalue weighted by Crippen LogP contribution is -2.49. The molecule has 0 aliphatic carbocycles. The van der Waals surface area contributed by atoms with E-state index in [0.717, 1.165) is 4.47 Å². The fraction of sp³-hybridized carbons (Fsp3) is 0.467. The summed E-state index contributed by atoms with van der Waals surface area (Å²) in [6.45, 7) is 5.40. The number of esters is 1. The second-order valence-electron chi connectivity index (χ2n) is 5.25. The van der Waals surface area contributed by atoms with Crippen LogP contribution in [0.15, 0.2) is 28.7 Å². The van der Waals surface area contributed by atoms with Crippen LogP contribution < -0.4 is 11.1 Å². The van der Waals surface area contributed by atoms with Gasteiger partial charge in [0, 0.05) is 11.0 Å². The number of benzene rings is 1. The van der Waals surface area contributed by atoms with Crippen LogP contribution in [0.1, 0.15) is 32.8 Å². The van der Waals surface area contributed by atoms with Crippen molar-refractivity contribution < 1.29 is 14.3 Å². The summed E-state index contributed by atoms with van der Waals surface area (Å²) in [5, 5.41) is 2.66. The van der Waals surface area contributed by atoms with E-state index in [1.807, 2.05) is 12.1 Å². The summed E-state index contributed by atoms with van der Waals surface area (Å²) in [5.41, 5.74) is 5.64. The molecule has 0 aliphatic rings. The number of amides is 1. The van der Waals surface area contributed by atoms with Crippen molar-refractivity contribution in [2.45, 2.75) is 38.8 Å². The lowest BCUT2D eigenvalue weighted by atomic mass is 9.92. The minimum atomic E-state index is -1.15. The Morgan fingerprint density at radius 1 is 1.32 bits per heavy atom. The van der Waals surface area contributed by atoms with Crippen molar-refractivity contribution in [3.8, 4) is 0 Å². The Hall–Kier alpha value is -1.11. The fourth-order valence-corrected chi connectivity index (χ4v) is 1.98. The van der Waals surface area contributed by atoms with Gasteiger partial charge >= 0.3 is 5.97 Å². The van der Waals surface area contributed by atoms with Gasteiger partial charge in [-0.3, -0.25) is 9.59 Å². The van der Waals surface area contributed by atoms with Crippen LogP contribution in [0.5, 0.6) is 0 Å². The van der Waals surface area contributed by atoms with Crippen molar-refractivity contribution in [3.05, 3.63) is 34.3 Å². The summed E-state index contributed by atoms with van der Waals surface area (Å²) in [5.74, 6) is -0.671. The molecule has 0 aliphatic heterocycles. The van der Waals surface area contributed by atoms with Crippen molar-refractivity contribution in [3.63, 3.8) is 0 Å². The van der Waals surface area contributed by atoms with Crippen molar-refractivity contribution in [2.75, 3.05) is 6.54 Å². The average molecular weight is 394 g/mol. The number of carbonyl (C=O) groups is 2. The highest BCUT2D eigenvalue weighted by Crippen LogP contribution is 2.20. The third-order valence-electron chi connectivity index (χ3n) is 2.90. The van der Waals surface area contributed by atoms with Gasteiger partial charge in [0.25, 0.3) is 0 Å². The van der Waals surface area contributed by atoms with Crippen LogP contribution >= 0.6 is 28.3 Å². The van der Waals surface area contributed by atoms with E-state index in [2.05, 4.69) is 21.2 Å². The Morgan fingerprint density at radius 2 is 1.86 bits per heavy atom. The number of hydrogen-bond donors (Lipinski definition) is 2. The van der Waals surface area contributed by atoms with Gasteiger partial charge in [-0.25, -0.2) is 0 Å². The van der Waals surface area contributed by atoms with Crippen molar-refractivity contribution >= 4 is 40.2 Å². The molecule has 5 nitrogen and oxygen atoms in total. The number of nitrogens with two attached hydrogens (primary N) is 1. The highest BCUT2D eigenvalue weighted by atomic mass is 79.9. The molecule has 0 saturated heterocycles. The first-order valence-electron chi connectivity index (χ1n) is 6.76. The maximum atomic E-state index is 12.2. The van der Waals surface area contributed by atoms with E-state index in [9.17, 15) is 9.59 Å². The molecule has 22 heavy (non-hydrogen) atoms. The van der Waals surface area contributed by atoms with E-state index in [0.29, 0.717) is 5.56 Å². The standard InChI is InChI=1S/C15H21BrN2O3.ClH/c1-10(2)21-13(19)8-9-18-14(20)15(3,17)11-4-6-12(16)7-5-11;/h4-7,10H,8-9,17H2,1-3H3,(H,18,20);1H. The van der Waals surface area contributed by atoms with Gasteiger partial charge in [0.1, 0.15) is 5.54 Å². The quantitative estimate of drug-likeness (QED) is 0.728. The fourth-order valence-electron chi connectivity index (χ4n) is 1.71. The smallest absolute Gasteiger partial charge is 0.307 e. The maximum Gasteiger partial charge on any atom is 0.307 e. The van der Waals surface area contributed by atoms with Crippen LogP contribution in [0.25, 0.3) is 0 Å². The van der Waals surface area contributed by atoms with Gasteiger partial charge in [0.05, 0.1) is 12.5 Å². The molecule has 7 heteroatoms. The van der Waals surface area contributed by atoms with Crippen LogP contribution in [-0.4, -0.2) is 24.5 Å². The summed E-state index contributed by atoms with van der Waals surface area (Å²) in [4.78, 5) is 23.5. The van der Waals surface area contributed by atoms with Crippen LogP contribution in [0.4, 0.5) is 0 Å². The van der Waals surface area contributed by atoms with Crippen molar-refractivity contribution in [1.82, 2.24) is 5.32 Å². The van der Waals surface area contributed by atoms with Crippen LogP contribution in [0, 0.1) is 0 Å². The molecule has 0 saturated carbocycles. The van der Waals surface area contributed by atoms with Gasteiger partial charge in [0.15, 0.2) is 0 Å². The van der Waals surface area contributed by atoms with Crippen LogP contribution in [-0.2, 0) is 19.9 Å². The number of carbonyl (C=O) groups excluding carboxylic acids is 2. The third kappa shape index (κ3) is 6.34. The Labute approximate surface area is 145 Å². The molecule has 1 atom stereocenters. The minimum absolute atomic E-state index is 0. The molecule has 0 bridgehead atoms. The summed E-state index contributed by atoms with van der Waals surface area (Å²) in [7, 11) is 0. The van der Waals surface area contributed by atoms with Crippen LogP contribution in [0.3, 0.4) is 0 Å². The maximum absolute atomic E-state index is 12.2. The molecule has 1 aromatic carbocycles. The van der Waals surface area contributed by atoms with E-state index in [1.165, 1.54) is 0 Å². The molecule has 124 valence electrons. The third-order valence-corrected chi connectivity index (χ3v) is 3.43. The molecule has 1 aromatic rings. The highest BCUT2D eigenvalue weighted by molar-refractivity contribution is 9.10. The van der Waals surface area contributed by atoms with Gasteiger partial charge in [0.2, 0.25) is 5.91 Å². The second kappa shape index (κ2) is 9.12. The number of hydrogen-bond acceptors (Lipinski definition) is 4. The first-order valence-corrected chi connectivity index (χ1v) is 7.55. The number of rotatable bonds is 6. The number of nitrogens with one attached hydrogen (secondary N) is 1. The first-order chi connectivity index (χ1) is 9.73. The molecular formula is C15H22BrClN2O3. The summed E-state index contributed by atoms with van der Waals surface area (Å²) < 4.78 is 5.90. The van der Waals surface area contributed by atoms with E-state index >= 15 is 0 Å². The average Bonchev–Trinajstić information content (AvgIpc) is 2.38. The molecule has 1 amide bonds. The molecule has 0 fully saturated rings. The number of halogens is 2. The summed E-state index contributed by atoms with van der Waals surface area (Å²) in [6, 6.07) is 7.23. The normalized spacial score (nSPS) is 13.0. The molecule has 1 unspecified atom stereocenters. The van der Waals surface area contributed by atoms with Crippen LogP contribution in [0.2, 0.25) is 0 Å². The monoisotopic (exact) mass is 392 g/mol. The van der Waals surface area contributed by atoms with Gasteiger partial charge in [-0.15, -0.1) is 12.4 Å². The molecule has 1 rings (SSSR count). The van der Waals surface area contributed by atoms with Gasteiger partial charge in [-0.2, -0.15) is 0 Å². The summed E-state index contributed by atoms with van der Waals surface area (Å²) >= 11 is 3.33. The topological polar surface area (TPSA) is 81.4 Å². The second-order valence-corrected chi connectivity index (χ2v) is 6.17. The molecule has 0 aromatic heterocycles. The van der Waals surface area contributed by atoms with E-state index in [-0.39, 0.29) is 43.4 Å². The molecule has 0 heterocycles. The zero-order valence-corrected chi connectivity index (χ0v) is 15.3. The zero-order chi connectivity index (χ0) is 16.0. The number of ether oxygens (including phenoxy) is 1. The van der Waals surface area contributed by atoms with Gasteiger partial charge in [-0.1, -0.05) is 28.1 Å². The van der Waals surface area contributed by atoms with E-state index in [4.69, 9.17) is 10.5 Å². The molecule has 0 spiro atoms. The van der Waals surface area contributed by atoms with E-state index in [1.54, 1.807) is 32.9 Å². The Morgan fingerprint density at radius 3 is 2.36 bits per heavy atom. The summed E-state index contributed by atoms with van der Waals surface area (Å²) in [6.07, 6.45) is -0.0314.